The summed E-state index contributed by atoms with van der Waals surface area (Å²) in [7, 11) is 1.77. The minimum Gasteiger partial charge on any atom is -0.370 e. The van der Waals surface area contributed by atoms with E-state index in [1.807, 2.05) is 6.20 Å². The fraction of sp³-hybridized carbons (Fsp3) is 0.714. The van der Waals surface area contributed by atoms with Crippen LogP contribution >= 0.6 is 15.9 Å². The summed E-state index contributed by atoms with van der Waals surface area (Å²) in [6.07, 6.45) is 6.25. The molecule has 1 aromatic rings. The van der Waals surface area contributed by atoms with Crippen LogP contribution in [0, 0.1) is 5.92 Å². The molecule has 1 fully saturated rings. The van der Waals surface area contributed by atoms with E-state index in [9.17, 15) is 0 Å². The van der Waals surface area contributed by atoms with Gasteiger partial charge >= 0.3 is 0 Å². The van der Waals surface area contributed by atoms with Gasteiger partial charge in [0.2, 0.25) is 0 Å². The smallest absolute Gasteiger partial charge is 0.162 e. The van der Waals surface area contributed by atoms with E-state index in [0.29, 0.717) is 5.92 Å². The minimum absolute atomic E-state index is 0.317. The molecule has 5 heteroatoms. The Morgan fingerprint density at radius 3 is 3.00 bits per heavy atom. The third-order valence-corrected chi connectivity index (χ3v) is 4.42. The van der Waals surface area contributed by atoms with Crippen LogP contribution in [0.1, 0.15) is 45.4 Å². The zero-order valence-electron chi connectivity index (χ0n) is 11.9. The third kappa shape index (κ3) is 3.08. The summed E-state index contributed by atoms with van der Waals surface area (Å²) in [5, 5.41) is 3.25. The number of anilines is 1. The predicted molar refractivity (Wildman–Crippen MR) is 80.2 cm³/mol. The topological polar surface area (TPSA) is 47.0 Å². The molecular weight excluding hydrogens is 306 g/mol. The SMILES string of the molecule is CCNc1nc(C2(OC)CCCC(C)C2)ncc1Br. The second-order valence-corrected chi connectivity index (χ2v) is 6.17. The summed E-state index contributed by atoms with van der Waals surface area (Å²) in [6.45, 7) is 5.17. The Morgan fingerprint density at radius 1 is 1.58 bits per heavy atom. The van der Waals surface area contributed by atoms with Crippen LogP contribution in [0.25, 0.3) is 0 Å². The van der Waals surface area contributed by atoms with Gasteiger partial charge in [-0.3, -0.25) is 0 Å². The average Bonchev–Trinajstić information content (AvgIpc) is 2.41. The van der Waals surface area contributed by atoms with Crippen LogP contribution in [0.4, 0.5) is 5.82 Å². The molecule has 2 atom stereocenters. The number of methoxy groups -OCH3 is 1. The number of ether oxygens (including phenoxy) is 1. The lowest BCUT2D eigenvalue weighted by molar-refractivity contribution is -0.0645. The minimum atomic E-state index is -0.317. The van der Waals surface area contributed by atoms with Crippen molar-refractivity contribution in [2.75, 3.05) is 19.0 Å². The zero-order valence-corrected chi connectivity index (χ0v) is 13.5. The Bertz CT molecular complexity index is 441. The van der Waals surface area contributed by atoms with Crippen molar-refractivity contribution in [1.82, 2.24) is 9.97 Å². The molecule has 1 aromatic heterocycles. The van der Waals surface area contributed by atoms with Gasteiger partial charge in [-0.15, -0.1) is 0 Å². The lowest BCUT2D eigenvalue weighted by Gasteiger charge is -2.37. The largest absolute Gasteiger partial charge is 0.370 e. The molecule has 0 bridgehead atoms. The summed E-state index contributed by atoms with van der Waals surface area (Å²) in [4.78, 5) is 9.17. The van der Waals surface area contributed by atoms with E-state index in [4.69, 9.17) is 4.74 Å². The average molecular weight is 328 g/mol. The molecule has 2 rings (SSSR count). The first-order valence-electron chi connectivity index (χ1n) is 6.93. The quantitative estimate of drug-likeness (QED) is 0.915. The van der Waals surface area contributed by atoms with Crippen LogP contribution < -0.4 is 5.32 Å². The van der Waals surface area contributed by atoms with Crippen molar-refractivity contribution in [2.24, 2.45) is 5.92 Å². The number of hydrogen-bond donors (Lipinski definition) is 1. The summed E-state index contributed by atoms with van der Waals surface area (Å²) >= 11 is 3.48. The Balaban J connectivity index is 2.34. The van der Waals surface area contributed by atoms with Crippen LogP contribution in [0.15, 0.2) is 10.7 Å². The van der Waals surface area contributed by atoms with E-state index in [1.165, 1.54) is 12.8 Å². The van der Waals surface area contributed by atoms with Gasteiger partial charge in [0.25, 0.3) is 0 Å². The maximum absolute atomic E-state index is 5.84. The summed E-state index contributed by atoms with van der Waals surface area (Å²) in [6, 6.07) is 0. The highest BCUT2D eigenvalue weighted by Gasteiger charge is 2.39. The molecule has 0 aromatic carbocycles. The molecular formula is C14H22BrN3O. The Labute approximate surface area is 123 Å². The van der Waals surface area contributed by atoms with Gasteiger partial charge in [0, 0.05) is 19.9 Å². The van der Waals surface area contributed by atoms with E-state index in [-0.39, 0.29) is 5.60 Å². The zero-order chi connectivity index (χ0) is 13.9. The van der Waals surface area contributed by atoms with Crippen LogP contribution in [-0.2, 0) is 10.3 Å². The Hall–Kier alpha value is -0.680. The molecule has 0 spiro atoms. The molecule has 0 radical (unpaired) electrons. The van der Waals surface area contributed by atoms with Crippen molar-refractivity contribution in [3.8, 4) is 0 Å². The second kappa shape index (κ2) is 6.18. The lowest BCUT2D eigenvalue weighted by atomic mass is 9.78. The molecule has 1 saturated carbocycles. The second-order valence-electron chi connectivity index (χ2n) is 5.32. The maximum atomic E-state index is 5.84. The van der Waals surface area contributed by atoms with Gasteiger partial charge in [0.05, 0.1) is 4.47 Å². The molecule has 19 heavy (non-hydrogen) atoms. The normalized spacial score (nSPS) is 27.3. The summed E-state index contributed by atoms with van der Waals surface area (Å²) < 4.78 is 6.74. The molecule has 2 unspecified atom stereocenters. The van der Waals surface area contributed by atoms with E-state index in [1.54, 1.807) is 7.11 Å². The highest BCUT2D eigenvalue weighted by atomic mass is 79.9. The number of nitrogens with one attached hydrogen (secondary N) is 1. The van der Waals surface area contributed by atoms with Gasteiger partial charge in [-0.1, -0.05) is 13.3 Å². The van der Waals surface area contributed by atoms with Crippen LogP contribution in [0.5, 0.6) is 0 Å². The fourth-order valence-electron chi connectivity index (χ4n) is 2.86. The number of halogens is 1. The van der Waals surface area contributed by atoms with Crippen molar-refractivity contribution < 1.29 is 4.74 Å². The Morgan fingerprint density at radius 2 is 2.37 bits per heavy atom. The van der Waals surface area contributed by atoms with Crippen LogP contribution in [0.3, 0.4) is 0 Å². The highest BCUT2D eigenvalue weighted by Crippen LogP contribution is 2.41. The molecule has 1 N–H and O–H groups in total. The van der Waals surface area contributed by atoms with Gasteiger partial charge in [-0.25, -0.2) is 9.97 Å². The van der Waals surface area contributed by atoms with Crippen LogP contribution in [0.2, 0.25) is 0 Å². The lowest BCUT2D eigenvalue weighted by Crippen LogP contribution is -2.36. The first kappa shape index (κ1) is 14.7. The van der Waals surface area contributed by atoms with E-state index >= 15 is 0 Å². The summed E-state index contributed by atoms with van der Waals surface area (Å²) in [5.41, 5.74) is -0.317. The van der Waals surface area contributed by atoms with Crippen molar-refractivity contribution in [1.29, 1.82) is 0 Å². The van der Waals surface area contributed by atoms with Crippen molar-refractivity contribution >= 4 is 21.7 Å². The molecule has 1 aliphatic rings. The predicted octanol–water partition coefficient (Wildman–Crippen LogP) is 3.72. The number of hydrogen-bond acceptors (Lipinski definition) is 4. The van der Waals surface area contributed by atoms with Crippen molar-refractivity contribution in [3.05, 3.63) is 16.5 Å². The van der Waals surface area contributed by atoms with E-state index in [2.05, 4.69) is 45.1 Å². The number of rotatable bonds is 4. The highest BCUT2D eigenvalue weighted by molar-refractivity contribution is 9.10. The van der Waals surface area contributed by atoms with E-state index in [0.717, 1.165) is 35.5 Å². The number of nitrogens with zero attached hydrogens (tertiary/aromatic N) is 2. The first-order chi connectivity index (χ1) is 9.11. The van der Waals surface area contributed by atoms with Crippen molar-refractivity contribution in [2.45, 2.75) is 45.1 Å². The Kier molecular flexibility index (Phi) is 4.79. The third-order valence-electron chi connectivity index (χ3n) is 3.84. The van der Waals surface area contributed by atoms with Gasteiger partial charge in [0.1, 0.15) is 11.4 Å². The maximum Gasteiger partial charge on any atom is 0.162 e. The van der Waals surface area contributed by atoms with Gasteiger partial charge in [0.15, 0.2) is 5.82 Å². The fourth-order valence-corrected chi connectivity index (χ4v) is 3.19. The van der Waals surface area contributed by atoms with Gasteiger partial charge < -0.3 is 10.1 Å². The van der Waals surface area contributed by atoms with Gasteiger partial charge in [-0.05, 0) is 48.0 Å². The molecule has 106 valence electrons. The number of aromatic nitrogens is 2. The van der Waals surface area contributed by atoms with Crippen molar-refractivity contribution in [3.63, 3.8) is 0 Å². The first-order valence-corrected chi connectivity index (χ1v) is 7.72. The molecule has 1 heterocycles. The summed E-state index contributed by atoms with van der Waals surface area (Å²) in [5.74, 6) is 2.31. The van der Waals surface area contributed by atoms with E-state index < -0.39 is 0 Å². The molecule has 1 aliphatic carbocycles. The standard InChI is InChI=1S/C14H22BrN3O/c1-4-16-12-11(15)9-17-13(18-12)14(19-3)7-5-6-10(2)8-14/h9-10H,4-8H2,1-3H3,(H,16,17,18). The molecule has 0 amide bonds. The molecule has 0 aliphatic heterocycles. The van der Waals surface area contributed by atoms with Crippen LogP contribution in [-0.4, -0.2) is 23.6 Å². The monoisotopic (exact) mass is 327 g/mol. The van der Waals surface area contributed by atoms with Gasteiger partial charge in [-0.2, -0.15) is 0 Å². The molecule has 0 saturated heterocycles. The molecule has 4 nitrogen and oxygen atoms in total.